The van der Waals surface area contributed by atoms with Crippen LogP contribution >= 0.6 is 0 Å². The molecule has 0 radical (unpaired) electrons. The molecule has 1 saturated heterocycles. The van der Waals surface area contributed by atoms with Gasteiger partial charge in [-0.3, -0.25) is 4.79 Å². The first-order valence-electron chi connectivity index (χ1n) is 12.5. The summed E-state index contributed by atoms with van der Waals surface area (Å²) in [6, 6.07) is 14.7. The van der Waals surface area contributed by atoms with Crippen molar-refractivity contribution >= 4 is 18.0 Å². The number of hydrogen-bond donors (Lipinski definition) is 0. The summed E-state index contributed by atoms with van der Waals surface area (Å²) in [4.78, 5) is 40.8. The predicted octanol–water partition coefficient (Wildman–Crippen LogP) is 5.01. The van der Waals surface area contributed by atoms with E-state index in [1.54, 1.807) is 40.1 Å². The first-order chi connectivity index (χ1) is 17.5. The zero-order valence-corrected chi connectivity index (χ0v) is 22.2. The van der Waals surface area contributed by atoms with Gasteiger partial charge in [-0.25, -0.2) is 9.59 Å². The second-order valence-corrected chi connectivity index (χ2v) is 10.4. The van der Waals surface area contributed by atoms with E-state index in [9.17, 15) is 19.6 Å². The normalized spacial score (nSPS) is 14.0. The van der Waals surface area contributed by atoms with E-state index < -0.39 is 11.6 Å². The Morgan fingerprint density at radius 1 is 1.08 bits per heavy atom. The molecule has 2 aromatic rings. The molecule has 196 valence electrons. The Morgan fingerprint density at radius 3 is 2.38 bits per heavy atom. The Morgan fingerprint density at radius 2 is 1.78 bits per heavy atom. The number of hydrogen-bond acceptors (Lipinski definition) is 6. The Hall–Kier alpha value is -3.86. The van der Waals surface area contributed by atoms with Crippen LogP contribution in [0.5, 0.6) is 0 Å². The van der Waals surface area contributed by atoms with Gasteiger partial charge in [0.05, 0.1) is 24.3 Å². The van der Waals surface area contributed by atoms with Crippen LogP contribution < -0.4 is 0 Å². The molecule has 0 bridgehead atoms. The molecule has 1 aliphatic heterocycles. The van der Waals surface area contributed by atoms with Gasteiger partial charge in [0.25, 0.3) is 0 Å². The average molecular weight is 506 g/mol. The van der Waals surface area contributed by atoms with Gasteiger partial charge in [-0.15, -0.1) is 0 Å². The Balaban J connectivity index is 1.76. The molecular formula is C29H35N3O5. The number of likely N-dealkylation sites (tertiary alicyclic amines) is 1. The summed E-state index contributed by atoms with van der Waals surface area (Å²) >= 11 is 0. The fourth-order valence-electron chi connectivity index (χ4n) is 4.42. The largest absolute Gasteiger partial charge is 0.465 e. The SMILES string of the molecule is COC(=O)c1cc(CN(CC2CCN(C(=O)OC(C)(C)C)CC2)C(C)=O)cc(-c2cccc(C#N)c2)c1. The van der Waals surface area contributed by atoms with Crippen LogP contribution in [0.4, 0.5) is 4.79 Å². The van der Waals surface area contributed by atoms with Crippen molar-refractivity contribution in [3.63, 3.8) is 0 Å². The second kappa shape index (κ2) is 11.9. The monoisotopic (exact) mass is 505 g/mol. The topological polar surface area (TPSA) is 99.9 Å². The highest BCUT2D eigenvalue weighted by molar-refractivity contribution is 5.91. The number of ether oxygens (including phenoxy) is 2. The molecule has 8 nitrogen and oxygen atoms in total. The van der Waals surface area contributed by atoms with Crippen LogP contribution in [0.2, 0.25) is 0 Å². The van der Waals surface area contributed by atoms with Crippen molar-refractivity contribution in [2.75, 3.05) is 26.7 Å². The molecule has 1 heterocycles. The molecule has 0 saturated carbocycles. The minimum atomic E-state index is -0.535. The van der Waals surface area contributed by atoms with Gasteiger partial charge >= 0.3 is 12.1 Å². The molecule has 0 unspecified atom stereocenters. The molecule has 0 spiro atoms. The molecule has 3 rings (SSSR count). The van der Waals surface area contributed by atoms with Crippen LogP contribution in [-0.4, -0.2) is 60.1 Å². The highest BCUT2D eigenvalue weighted by Crippen LogP contribution is 2.26. The number of methoxy groups -OCH3 is 1. The van der Waals surface area contributed by atoms with E-state index in [4.69, 9.17) is 9.47 Å². The van der Waals surface area contributed by atoms with Gasteiger partial charge in [-0.1, -0.05) is 12.1 Å². The maximum absolute atomic E-state index is 12.6. The zero-order valence-electron chi connectivity index (χ0n) is 22.2. The standard InChI is InChI=1S/C29H35N3O5/c1-20(33)32(18-21-9-11-31(12-10-21)28(35)37-29(2,3)4)19-23-14-25(16-26(15-23)27(34)36-5)24-8-6-7-22(13-24)17-30/h6-8,13-16,21H,9-12,18-19H2,1-5H3. The Bertz CT molecular complexity index is 1190. The van der Waals surface area contributed by atoms with Crippen molar-refractivity contribution in [1.29, 1.82) is 5.26 Å². The Kier molecular flexibility index (Phi) is 8.93. The van der Waals surface area contributed by atoms with Gasteiger partial charge in [0, 0.05) is 33.1 Å². The summed E-state index contributed by atoms with van der Waals surface area (Å²) < 4.78 is 10.4. The number of esters is 1. The first-order valence-corrected chi connectivity index (χ1v) is 12.5. The molecular weight excluding hydrogens is 470 g/mol. The van der Waals surface area contributed by atoms with Crippen molar-refractivity contribution in [1.82, 2.24) is 9.80 Å². The average Bonchev–Trinajstić information content (AvgIpc) is 2.87. The van der Waals surface area contributed by atoms with Gasteiger partial charge in [-0.05, 0) is 86.6 Å². The highest BCUT2D eigenvalue weighted by atomic mass is 16.6. The quantitative estimate of drug-likeness (QED) is 0.512. The van der Waals surface area contributed by atoms with E-state index in [0.29, 0.717) is 37.3 Å². The summed E-state index contributed by atoms with van der Waals surface area (Å²) in [5.74, 6) is -0.285. The minimum absolute atomic E-state index is 0.0638. The maximum atomic E-state index is 12.6. The molecule has 2 amide bonds. The molecule has 37 heavy (non-hydrogen) atoms. The summed E-state index contributed by atoms with van der Waals surface area (Å²) in [5, 5.41) is 9.28. The number of nitriles is 1. The fraction of sp³-hybridized carbons (Fsp3) is 0.448. The lowest BCUT2D eigenvalue weighted by Crippen LogP contribution is -2.44. The summed E-state index contributed by atoms with van der Waals surface area (Å²) in [5.41, 5.74) is 2.73. The van der Waals surface area contributed by atoms with Crippen LogP contribution in [0.15, 0.2) is 42.5 Å². The number of carbonyl (C=O) groups excluding carboxylic acids is 3. The molecule has 2 aromatic carbocycles. The summed E-state index contributed by atoms with van der Waals surface area (Å²) in [7, 11) is 1.33. The van der Waals surface area contributed by atoms with Crippen molar-refractivity contribution in [3.05, 3.63) is 59.2 Å². The number of benzene rings is 2. The fourth-order valence-corrected chi connectivity index (χ4v) is 4.42. The predicted molar refractivity (Wildman–Crippen MR) is 140 cm³/mol. The molecule has 0 aliphatic carbocycles. The molecule has 0 N–H and O–H groups in total. The molecule has 1 aliphatic rings. The third-order valence-electron chi connectivity index (χ3n) is 6.30. The summed E-state index contributed by atoms with van der Waals surface area (Å²) in [6.45, 7) is 9.15. The lowest BCUT2D eigenvalue weighted by atomic mass is 9.95. The number of carbonyl (C=O) groups is 3. The number of rotatable bonds is 6. The van der Waals surface area contributed by atoms with E-state index in [2.05, 4.69) is 6.07 Å². The number of piperidine rings is 1. The van der Waals surface area contributed by atoms with Crippen LogP contribution in [0.1, 0.15) is 62.0 Å². The third-order valence-corrected chi connectivity index (χ3v) is 6.30. The van der Waals surface area contributed by atoms with Crippen molar-refractivity contribution in [2.45, 2.75) is 52.7 Å². The summed E-state index contributed by atoms with van der Waals surface area (Å²) in [6.07, 6.45) is 1.25. The van der Waals surface area contributed by atoms with Crippen LogP contribution in [-0.2, 0) is 20.8 Å². The van der Waals surface area contributed by atoms with Gasteiger partial charge in [0.1, 0.15) is 5.60 Å². The highest BCUT2D eigenvalue weighted by Gasteiger charge is 2.28. The van der Waals surface area contributed by atoms with E-state index in [0.717, 1.165) is 29.5 Å². The van der Waals surface area contributed by atoms with E-state index in [-0.39, 0.29) is 17.9 Å². The maximum Gasteiger partial charge on any atom is 0.410 e. The molecule has 0 atom stereocenters. The molecule has 1 fully saturated rings. The molecule has 8 heteroatoms. The third kappa shape index (κ3) is 7.81. The second-order valence-electron chi connectivity index (χ2n) is 10.4. The van der Waals surface area contributed by atoms with Crippen LogP contribution in [0.25, 0.3) is 11.1 Å². The van der Waals surface area contributed by atoms with Gasteiger partial charge < -0.3 is 19.3 Å². The van der Waals surface area contributed by atoms with Gasteiger partial charge in [0.15, 0.2) is 0 Å². The van der Waals surface area contributed by atoms with Crippen molar-refractivity contribution in [2.24, 2.45) is 5.92 Å². The van der Waals surface area contributed by atoms with E-state index >= 15 is 0 Å². The van der Waals surface area contributed by atoms with E-state index in [1.807, 2.05) is 32.9 Å². The Labute approximate surface area is 218 Å². The van der Waals surface area contributed by atoms with Gasteiger partial charge in [-0.2, -0.15) is 5.26 Å². The van der Waals surface area contributed by atoms with Crippen LogP contribution in [0.3, 0.4) is 0 Å². The molecule has 0 aromatic heterocycles. The smallest absolute Gasteiger partial charge is 0.410 e. The van der Waals surface area contributed by atoms with Gasteiger partial charge in [0.2, 0.25) is 5.91 Å². The first kappa shape index (κ1) is 27.7. The lowest BCUT2D eigenvalue weighted by Gasteiger charge is -2.35. The van der Waals surface area contributed by atoms with Crippen molar-refractivity contribution < 1.29 is 23.9 Å². The minimum Gasteiger partial charge on any atom is -0.465 e. The van der Waals surface area contributed by atoms with Crippen molar-refractivity contribution in [3.8, 4) is 17.2 Å². The zero-order chi connectivity index (χ0) is 27.2. The lowest BCUT2D eigenvalue weighted by molar-refractivity contribution is -0.130. The van der Waals surface area contributed by atoms with Crippen LogP contribution in [0, 0.1) is 17.2 Å². The number of amides is 2. The van der Waals surface area contributed by atoms with E-state index in [1.165, 1.54) is 14.0 Å². The number of nitrogens with zero attached hydrogens (tertiary/aromatic N) is 3.